The standard InChI is InChI=1S/C20H14ClF3O4S/c1-11(19(25)26)29-28-16-6-3-12-2-5-15(8-13(12)9-16)27-18-7-4-14(10-17(18)21)20(22,23)24/h2-11H,1H3,(H,25,26). The van der Waals surface area contributed by atoms with Crippen molar-refractivity contribution < 1.29 is 32.0 Å². The molecule has 29 heavy (non-hydrogen) atoms. The summed E-state index contributed by atoms with van der Waals surface area (Å²) in [7, 11) is 0. The molecule has 4 nitrogen and oxygen atoms in total. The minimum absolute atomic E-state index is 0.0947. The molecule has 0 spiro atoms. The molecule has 0 aliphatic carbocycles. The van der Waals surface area contributed by atoms with Crippen LogP contribution in [0.5, 0.6) is 17.2 Å². The van der Waals surface area contributed by atoms with Gasteiger partial charge in [0.2, 0.25) is 0 Å². The van der Waals surface area contributed by atoms with Crippen molar-refractivity contribution in [3.8, 4) is 17.2 Å². The number of hydrogen-bond acceptors (Lipinski definition) is 4. The van der Waals surface area contributed by atoms with Crippen molar-refractivity contribution in [1.29, 1.82) is 0 Å². The molecule has 1 N–H and O–H groups in total. The van der Waals surface area contributed by atoms with Crippen LogP contribution in [0.3, 0.4) is 0 Å². The molecule has 0 fully saturated rings. The zero-order chi connectivity index (χ0) is 21.2. The number of benzene rings is 3. The van der Waals surface area contributed by atoms with Crippen molar-refractivity contribution in [3.63, 3.8) is 0 Å². The van der Waals surface area contributed by atoms with Crippen molar-refractivity contribution >= 4 is 40.4 Å². The van der Waals surface area contributed by atoms with Crippen LogP contribution >= 0.6 is 23.6 Å². The predicted molar refractivity (Wildman–Crippen MR) is 106 cm³/mol. The Morgan fingerprint density at radius 3 is 2.31 bits per heavy atom. The number of alkyl halides is 3. The summed E-state index contributed by atoms with van der Waals surface area (Å²) in [4.78, 5) is 10.9. The van der Waals surface area contributed by atoms with Gasteiger partial charge in [-0.15, -0.1) is 0 Å². The third-order valence-electron chi connectivity index (χ3n) is 3.91. The number of fused-ring (bicyclic) bond motifs is 1. The lowest BCUT2D eigenvalue weighted by atomic mass is 10.1. The highest BCUT2D eigenvalue weighted by Crippen LogP contribution is 2.37. The average Bonchev–Trinajstić information content (AvgIpc) is 2.66. The first kappa shape index (κ1) is 21.1. The van der Waals surface area contributed by atoms with Crippen LogP contribution in [0, 0.1) is 0 Å². The van der Waals surface area contributed by atoms with Crippen molar-refractivity contribution in [1.82, 2.24) is 0 Å². The molecule has 1 unspecified atom stereocenters. The number of ether oxygens (including phenoxy) is 1. The lowest BCUT2D eigenvalue weighted by molar-refractivity contribution is -0.138. The first-order valence-electron chi connectivity index (χ1n) is 8.28. The molecule has 1 atom stereocenters. The minimum atomic E-state index is -4.49. The molecule has 3 rings (SSSR count). The molecule has 0 aliphatic rings. The summed E-state index contributed by atoms with van der Waals surface area (Å²) >= 11 is 6.75. The summed E-state index contributed by atoms with van der Waals surface area (Å²) in [5, 5.41) is 9.63. The Labute approximate surface area is 173 Å². The molecular formula is C20H14ClF3O4S. The maximum atomic E-state index is 12.8. The van der Waals surface area contributed by atoms with Crippen LogP contribution < -0.4 is 8.92 Å². The van der Waals surface area contributed by atoms with Gasteiger partial charge in [-0.1, -0.05) is 23.7 Å². The Bertz CT molecular complexity index is 1060. The minimum Gasteiger partial charge on any atom is -0.480 e. The van der Waals surface area contributed by atoms with Crippen molar-refractivity contribution in [2.24, 2.45) is 0 Å². The van der Waals surface area contributed by atoms with Gasteiger partial charge in [0.1, 0.15) is 22.5 Å². The Balaban J connectivity index is 1.81. The monoisotopic (exact) mass is 442 g/mol. The number of carboxylic acids is 1. The molecule has 0 saturated carbocycles. The molecule has 0 heterocycles. The van der Waals surface area contributed by atoms with Crippen molar-refractivity contribution in [2.45, 2.75) is 18.3 Å². The van der Waals surface area contributed by atoms with E-state index in [-0.39, 0.29) is 10.8 Å². The van der Waals surface area contributed by atoms with Crippen LogP contribution in [0.2, 0.25) is 5.02 Å². The first-order chi connectivity index (χ1) is 13.6. The van der Waals surface area contributed by atoms with Crippen LogP contribution in [0.25, 0.3) is 10.8 Å². The van der Waals surface area contributed by atoms with Gasteiger partial charge in [-0.2, -0.15) is 13.2 Å². The van der Waals surface area contributed by atoms with Crippen LogP contribution in [-0.4, -0.2) is 16.3 Å². The number of halogens is 4. The molecule has 9 heteroatoms. The maximum Gasteiger partial charge on any atom is 0.416 e. The molecule has 0 aliphatic heterocycles. The fourth-order valence-electron chi connectivity index (χ4n) is 2.37. The third-order valence-corrected chi connectivity index (χ3v) is 4.98. The van der Waals surface area contributed by atoms with Crippen molar-refractivity contribution in [2.75, 3.05) is 0 Å². The molecule has 0 aromatic heterocycles. The van der Waals surface area contributed by atoms with Crippen LogP contribution in [0.15, 0.2) is 54.6 Å². The van der Waals surface area contributed by atoms with E-state index < -0.39 is 23.0 Å². The molecule has 0 saturated heterocycles. The summed E-state index contributed by atoms with van der Waals surface area (Å²) in [6.07, 6.45) is -4.49. The van der Waals surface area contributed by atoms with E-state index >= 15 is 0 Å². The Morgan fingerprint density at radius 1 is 1.03 bits per heavy atom. The van der Waals surface area contributed by atoms with E-state index in [1.807, 2.05) is 0 Å². The fourth-order valence-corrected chi connectivity index (χ4v) is 3.03. The van der Waals surface area contributed by atoms with Gasteiger partial charge >= 0.3 is 12.1 Å². The van der Waals surface area contributed by atoms with E-state index in [9.17, 15) is 18.0 Å². The van der Waals surface area contributed by atoms with E-state index in [4.69, 9.17) is 25.6 Å². The van der Waals surface area contributed by atoms with Gasteiger partial charge in [0, 0.05) is 0 Å². The van der Waals surface area contributed by atoms with E-state index in [1.54, 1.807) is 36.4 Å². The maximum absolute atomic E-state index is 12.8. The highest BCUT2D eigenvalue weighted by Gasteiger charge is 2.31. The quantitative estimate of drug-likeness (QED) is 0.425. The second kappa shape index (κ2) is 8.42. The Morgan fingerprint density at radius 2 is 1.69 bits per heavy atom. The van der Waals surface area contributed by atoms with Crippen LogP contribution in [-0.2, 0) is 11.0 Å². The van der Waals surface area contributed by atoms with Crippen molar-refractivity contribution in [3.05, 3.63) is 65.2 Å². The fraction of sp³-hybridized carbons (Fsp3) is 0.150. The zero-order valence-corrected chi connectivity index (χ0v) is 16.4. The number of carbonyl (C=O) groups is 1. The first-order valence-corrected chi connectivity index (χ1v) is 9.46. The Kier molecular flexibility index (Phi) is 6.14. The topological polar surface area (TPSA) is 55.8 Å². The Hall–Kier alpha value is -2.58. The predicted octanol–water partition coefficient (Wildman–Crippen LogP) is 6.80. The highest BCUT2D eigenvalue weighted by molar-refractivity contribution is 7.96. The zero-order valence-electron chi connectivity index (χ0n) is 14.9. The summed E-state index contributed by atoms with van der Waals surface area (Å²) < 4.78 is 49.3. The normalized spacial score (nSPS) is 12.6. The van der Waals surface area contributed by atoms with Gasteiger partial charge in [-0.3, -0.25) is 4.79 Å². The smallest absolute Gasteiger partial charge is 0.416 e. The lowest BCUT2D eigenvalue weighted by Gasteiger charge is -2.12. The van der Waals surface area contributed by atoms with E-state index in [0.29, 0.717) is 11.5 Å². The number of rotatable bonds is 6. The summed E-state index contributed by atoms with van der Waals surface area (Å²) in [5.41, 5.74) is -0.858. The van der Waals surface area contributed by atoms with Gasteiger partial charge in [0.25, 0.3) is 0 Å². The van der Waals surface area contributed by atoms with Crippen LogP contribution in [0.1, 0.15) is 12.5 Å². The van der Waals surface area contributed by atoms with Crippen LogP contribution in [0.4, 0.5) is 13.2 Å². The van der Waals surface area contributed by atoms with Gasteiger partial charge in [-0.05, 0) is 60.2 Å². The van der Waals surface area contributed by atoms with E-state index in [2.05, 4.69) is 0 Å². The van der Waals surface area contributed by atoms with Gasteiger partial charge in [0.05, 0.1) is 22.6 Å². The SMILES string of the molecule is CC(SOc1ccc2ccc(Oc3ccc(C(F)(F)F)cc3Cl)cc2c1)C(=O)O. The summed E-state index contributed by atoms with van der Waals surface area (Å²) in [5.74, 6) is -0.0552. The summed E-state index contributed by atoms with van der Waals surface area (Å²) in [6.45, 7) is 1.51. The highest BCUT2D eigenvalue weighted by atomic mass is 35.5. The molecule has 3 aromatic carbocycles. The largest absolute Gasteiger partial charge is 0.480 e. The van der Waals surface area contributed by atoms with Gasteiger partial charge in [-0.25, -0.2) is 0 Å². The molecule has 0 radical (unpaired) electrons. The van der Waals surface area contributed by atoms with E-state index in [0.717, 1.165) is 34.9 Å². The van der Waals surface area contributed by atoms with E-state index in [1.165, 1.54) is 13.0 Å². The number of aliphatic carboxylic acids is 1. The average molecular weight is 443 g/mol. The molecule has 0 bridgehead atoms. The van der Waals surface area contributed by atoms with Gasteiger partial charge in [0.15, 0.2) is 0 Å². The van der Waals surface area contributed by atoms with Gasteiger partial charge < -0.3 is 14.0 Å². The number of carboxylic acid groups (broad SMARTS) is 1. The number of hydrogen-bond donors (Lipinski definition) is 1. The molecular weight excluding hydrogens is 429 g/mol. The molecule has 0 amide bonds. The molecule has 3 aromatic rings. The third kappa shape index (κ3) is 5.27. The lowest BCUT2D eigenvalue weighted by Crippen LogP contribution is -2.12. The molecule has 152 valence electrons. The summed E-state index contributed by atoms with van der Waals surface area (Å²) in [6, 6.07) is 13.2. The second-order valence-corrected chi connectivity index (χ2v) is 7.55. The second-order valence-electron chi connectivity index (χ2n) is 6.08.